The second-order valence-electron chi connectivity index (χ2n) is 6.99. The first kappa shape index (κ1) is 24.2. The summed E-state index contributed by atoms with van der Waals surface area (Å²) in [5, 5.41) is 2.67. The van der Waals surface area contributed by atoms with E-state index in [1.807, 2.05) is 0 Å². The number of sulfonamides is 1. The molecule has 7 nitrogen and oxygen atoms in total. The third-order valence-corrected chi connectivity index (χ3v) is 6.47. The Bertz CT molecular complexity index is 1300. The predicted octanol–water partition coefficient (Wildman–Crippen LogP) is 3.93. The molecule has 33 heavy (non-hydrogen) atoms. The van der Waals surface area contributed by atoms with E-state index in [0.717, 1.165) is 0 Å². The molecule has 0 unspecified atom stereocenters. The molecule has 0 heterocycles. The van der Waals surface area contributed by atoms with E-state index in [4.69, 9.17) is 16.3 Å². The quantitative estimate of drug-likeness (QED) is 0.466. The highest BCUT2D eigenvalue weighted by atomic mass is 35.5. The van der Waals surface area contributed by atoms with Crippen molar-refractivity contribution in [1.82, 2.24) is 5.32 Å². The van der Waals surface area contributed by atoms with Crippen LogP contribution in [0.5, 0.6) is 0 Å². The van der Waals surface area contributed by atoms with Gasteiger partial charge < -0.3 is 10.1 Å². The molecule has 0 spiro atoms. The molecule has 0 atom stereocenters. The van der Waals surface area contributed by atoms with E-state index in [1.54, 1.807) is 12.1 Å². The van der Waals surface area contributed by atoms with Crippen molar-refractivity contribution in [3.05, 3.63) is 94.3 Å². The molecule has 0 radical (unpaired) electrons. The number of nitrogens with one attached hydrogen (secondary N) is 2. The van der Waals surface area contributed by atoms with Crippen molar-refractivity contribution in [2.45, 2.75) is 17.9 Å². The molecule has 0 aromatic heterocycles. The van der Waals surface area contributed by atoms with Crippen LogP contribution in [0.25, 0.3) is 0 Å². The third-order valence-electron chi connectivity index (χ3n) is 4.59. The smallest absolute Gasteiger partial charge is 0.337 e. The lowest BCUT2D eigenvalue weighted by atomic mass is 10.1. The van der Waals surface area contributed by atoms with Gasteiger partial charge in [0.2, 0.25) is 5.91 Å². The van der Waals surface area contributed by atoms with Gasteiger partial charge in [0.1, 0.15) is 10.7 Å². The maximum absolute atomic E-state index is 13.8. The van der Waals surface area contributed by atoms with Crippen LogP contribution in [0.15, 0.2) is 71.6 Å². The standard InChI is InChI=1S/C23H20ClFN2O5S/c1-32-23(29)17-10-15(14-26-22(28)13-16-6-2-4-8-20(16)25)11-18(12-17)27-33(30,31)21-9-5-3-7-19(21)24/h2-12,27H,13-14H2,1H3,(H,26,28). The Morgan fingerprint density at radius 3 is 2.42 bits per heavy atom. The number of esters is 1. The average Bonchev–Trinajstić information content (AvgIpc) is 2.78. The molecule has 0 fully saturated rings. The Morgan fingerprint density at radius 1 is 1.03 bits per heavy atom. The summed E-state index contributed by atoms with van der Waals surface area (Å²) in [6.45, 7) is -0.0288. The van der Waals surface area contributed by atoms with E-state index in [0.29, 0.717) is 5.56 Å². The number of rotatable bonds is 8. The minimum atomic E-state index is -4.05. The number of methoxy groups -OCH3 is 1. The van der Waals surface area contributed by atoms with Gasteiger partial charge >= 0.3 is 5.97 Å². The number of benzene rings is 3. The number of carbonyl (C=O) groups excluding carboxylic acids is 2. The van der Waals surface area contributed by atoms with Gasteiger partial charge in [-0.1, -0.05) is 41.9 Å². The first-order valence-corrected chi connectivity index (χ1v) is 11.6. The monoisotopic (exact) mass is 490 g/mol. The number of hydrogen-bond acceptors (Lipinski definition) is 5. The molecule has 0 aliphatic rings. The summed E-state index contributed by atoms with van der Waals surface area (Å²) in [6, 6.07) is 16.1. The third kappa shape index (κ3) is 6.30. The molecule has 0 aliphatic carbocycles. The zero-order chi connectivity index (χ0) is 24.0. The van der Waals surface area contributed by atoms with Gasteiger partial charge in [-0.2, -0.15) is 0 Å². The lowest BCUT2D eigenvalue weighted by molar-refractivity contribution is -0.120. The fraction of sp³-hybridized carbons (Fsp3) is 0.130. The number of anilines is 1. The zero-order valence-corrected chi connectivity index (χ0v) is 19.0. The van der Waals surface area contributed by atoms with Gasteiger partial charge in [-0.3, -0.25) is 9.52 Å². The molecule has 0 bridgehead atoms. The Labute approximate surface area is 195 Å². The van der Waals surface area contributed by atoms with Crippen molar-refractivity contribution >= 4 is 39.2 Å². The van der Waals surface area contributed by atoms with Crippen LogP contribution >= 0.6 is 11.6 Å². The zero-order valence-electron chi connectivity index (χ0n) is 17.5. The normalized spacial score (nSPS) is 11.0. The summed E-state index contributed by atoms with van der Waals surface area (Å²) in [6.07, 6.45) is -0.171. The van der Waals surface area contributed by atoms with Gasteiger partial charge in [-0.25, -0.2) is 17.6 Å². The summed E-state index contributed by atoms with van der Waals surface area (Å²) in [7, 11) is -2.86. The molecule has 1 amide bonds. The Hall–Kier alpha value is -3.43. The topological polar surface area (TPSA) is 102 Å². The van der Waals surface area contributed by atoms with Crippen molar-refractivity contribution in [2.24, 2.45) is 0 Å². The lowest BCUT2D eigenvalue weighted by Crippen LogP contribution is -2.25. The Kier molecular flexibility index (Phi) is 7.67. The van der Waals surface area contributed by atoms with E-state index >= 15 is 0 Å². The first-order valence-electron chi connectivity index (χ1n) is 9.69. The molecule has 0 saturated heterocycles. The van der Waals surface area contributed by atoms with Crippen LogP contribution in [0.3, 0.4) is 0 Å². The number of amides is 1. The molecule has 0 saturated carbocycles. The number of hydrogen-bond donors (Lipinski definition) is 2. The lowest BCUT2D eigenvalue weighted by Gasteiger charge is -2.13. The number of carbonyl (C=O) groups is 2. The van der Waals surface area contributed by atoms with E-state index in [-0.39, 0.29) is 39.7 Å². The van der Waals surface area contributed by atoms with E-state index in [1.165, 1.54) is 61.7 Å². The molecule has 172 valence electrons. The van der Waals surface area contributed by atoms with Gasteiger partial charge in [0, 0.05) is 6.54 Å². The molecule has 2 N–H and O–H groups in total. The van der Waals surface area contributed by atoms with Crippen LogP contribution in [0, 0.1) is 5.82 Å². The van der Waals surface area contributed by atoms with Gasteiger partial charge in [-0.05, 0) is 47.5 Å². The summed E-state index contributed by atoms with van der Waals surface area (Å²) in [5.41, 5.74) is 0.828. The molecular formula is C23H20ClFN2O5S. The van der Waals surface area contributed by atoms with Crippen LogP contribution in [-0.4, -0.2) is 27.4 Å². The number of halogens is 2. The van der Waals surface area contributed by atoms with Crippen molar-refractivity contribution in [3.63, 3.8) is 0 Å². The molecular weight excluding hydrogens is 471 g/mol. The predicted molar refractivity (Wildman–Crippen MR) is 122 cm³/mol. The van der Waals surface area contributed by atoms with Gasteiger partial charge in [0.15, 0.2) is 0 Å². The first-order chi connectivity index (χ1) is 15.7. The van der Waals surface area contributed by atoms with Crippen LogP contribution in [0.4, 0.5) is 10.1 Å². The minimum absolute atomic E-state index is 0.0288. The number of ether oxygens (including phenoxy) is 1. The Balaban J connectivity index is 1.81. The Morgan fingerprint density at radius 2 is 1.73 bits per heavy atom. The van der Waals surface area contributed by atoms with Crippen LogP contribution in [-0.2, 0) is 32.5 Å². The molecule has 10 heteroatoms. The largest absolute Gasteiger partial charge is 0.465 e. The van der Waals surface area contributed by atoms with Crippen LogP contribution in [0.1, 0.15) is 21.5 Å². The summed E-state index contributed by atoms with van der Waals surface area (Å²) >= 11 is 6.01. The van der Waals surface area contributed by atoms with Crippen molar-refractivity contribution in [2.75, 3.05) is 11.8 Å². The average molecular weight is 491 g/mol. The van der Waals surface area contributed by atoms with E-state index in [2.05, 4.69) is 10.0 Å². The van der Waals surface area contributed by atoms with Gasteiger partial charge in [0.05, 0.1) is 29.8 Å². The van der Waals surface area contributed by atoms with Crippen molar-refractivity contribution < 1.29 is 27.1 Å². The molecule has 0 aliphatic heterocycles. The van der Waals surface area contributed by atoms with Gasteiger partial charge in [0.25, 0.3) is 10.0 Å². The maximum atomic E-state index is 13.8. The minimum Gasteiger partial charge on any atom is -0.465 e. The highest BCUT2D eigenvalue weighted by Gasteiger charge is 2.19. The summed E-state index contributed by atoms with van der Waals surface area (Å²) < 4.78 is 46.4. The highest BCUT2D eigenvalue weighted by molar-refractivity contribution is 7.92. The highest BCUT2D eigenvalue weighted by Crippen LogP contribution is 2.25. The van der Waals surface area contributed by atoms with E-state index < -0.39 is 27.7 Å². The van der Waals surface area contributed by atoms with Crippen LogP contribution < -0.4 is 10.0 Å². The molecule has 3 rings (SSSR count). The molecule has 3 aromatic rings. The fourth-order valence-corrected chi connectivity index (χ4v) is 4.60. The molecule has 3 aromatic carbocycles. The SMILES string of the molecule is COC(=O)c1cc(CNC(=O)Cc2ccccc2F)cc(NS(=O)(=O)c2ccccc2Cl)c1. The van der Waals surface area contributed by atoms with Gasteiger partial charge in [-0.15, -0.1) is 0 Å². The maximum Gasteiger partial charge on any atom is 0.337 e. The summed E-state index contributed by atoms with van der Waals surface area (Å²) in [4.78, 5) is 24.2. The van der Waals surface area contributed by atoms with Crippen molar-refractivity contribution in [3.8, 4) is 0 Å². The summed E-state index contributed by atoms with van der Waals surface area (Å²) in [5.74, 6) is -1.62. The van der Waals surface area contributed by atoms with Crippen LogP contribution in [0.2, 0.25) is 5.02 Å². The van der Waals surface area contributed by atoms with Crippen molar-refractivity contribution in [1.29, 1.82) is 0 Å². The fourth-order valence-electron chi connectivity index (χ4n) is 3.04. The second kappa shape index (κ2) is 10.5. The second-order valence-corrected chi connectivity index (χ2v) is 9.05. The van der Waals surface area contributed by atoms with E-state index in [9.17, 15) is 22.4 Å².